The highest BCUT2D eigenvalue weighted by Crippen LogP contribution is 2.07. The second-order valence-electron chi connectivity index (χ2n) is 2.47. The lowest BCUT2D eigenvalue weighted by Gasteiger charge is -1.95. The maximum absolute atomic E-state index is 10.9. The van der Waals surface area contributed by atoms with Gasteiger partial charge in [-0.25, -0.2) is 0 Å². The van der Waals surface area contributed by atoms with E-state index in [0.29, 0.717) is 0 Å². The van der Waals surface area contributed by atoms with Crippen LogP contribution in [-0.4, -0.2) is 5.78 Å². The minimum atomic E-state index is 0.101. The zero-order valence-electron chi connectivity index (χ0n) is 6.75. The van der Waals surface area contributed by atoms with Crippen molar-refractivity contribution < 1.29 is 4.79 Å². The first-order chi connectivity index (χ1) is 5.74. The van der Waals surface area contributed by atoms with Gasteiger partial charge in [0.05, 0.1) is 0 Å². The van der Waals surface area contributed by atoms with Crippen molar-refractivity contribution in [3.63, 3.8) is 0 Å². The third-order valence-electron chi connectivity index (χ3n) is 1.57. The van der Waals surface area contributed by atoms with Crippen LogP contribution in [0, 0.1) is 0 Å². The van der Waals surface area contributed by atoms with Gasteiger partial charge in [-0.2, -0.15) is 0 Å². The van der Waals surface area contributed by atoms with Gasteiger partial charge in [0.2, 0.25) is 0 Å². The quantitative estimate of drug-likeness (QED) is 0.706. The van der Waals surface area contributed by atoms with E-state index < -0.39 is 0 Å². The first kappa shape index (κ1) is 9.20. The molecule has 0 bridgehead atoms. The molecule has 0 N–H and O–H groups in total. The molecule has 1 rings (SSSR count). The predicted molar refractivity (Wildman–Crippen MR) is 54.4 cm³/mol. The third kappa shape index (κ3) is 2.31. The molecule has 62 valence electrons. The van der Waals surface area contributed by atoms with Crippen molar-refractivity contribution in [2.24, 2.45) is 0 Å². The normalized spacial score (nSPS) is 10.5. The van der Waals surface area contributed by atoms with Crippen molar-refractivity contribution in [2.45, 2.75) is 6.92 Å². The molecule has 0 aromatic heterocycles. The summed E-state index contributed by atoms with van der Waals surface area (Å²) >= 11 is 3.19. The number of carbonyl (C=O) groups excluding carboxylic acids is 1. The summed E-state index contributed by atoms with van der Waals surface area (Å²) in [5.41, 5.74) is 1.83. The third-order valence-corrected chi connectivity index (χ3v) is 1.84. The standard InChI is InChI=1S/C10H9BrO/c1-8(12)10-4-2-9(3-5-10)6-7-11/h2-7H,1H3/b7-6+. The topological polar surface area (TPSA) is 17.1 Å². The summed E-state index contributed by atoms with van der Waals surface area (Å²) in [5, 5.41) is 0. The van der Waals surface area contributed by atoms with E-state index in [1.165, 1.54) is 0 Å². The summed E-state index contributed by atoms with van der Waals surface area (Å²) in [4.78, 5) is 12.7. The lowest BCUT2D eigenvalue weighted by atomic mass is 10.1. The molecule has 0 saturated heterocycles. The summed E-state index contributed by atoms with van der Waals surface area (Å²) in [6, 6.07) is 7.47. The van der Waals surface area contributed by atoms with Gasteiger partial charge in [0.25, 0.3) is 0 Å². The molecule has 0 amide bonds. The highest BCUT2D eigenvalue weighted by atomic mass is 79.9. The van der Waals surface area contributed by atoms with Gasteiger partial charge in [-0.3, -0.25) is 4.79 Å². The molecule has 0 fully saturated rings. The van der Waals surface area contributed by atoms with E-state index in [1.54, 1.807) is 11.9 Å². The van der Waals surface area contributed by atoms with Gasteiger partial charge < -0.3 is 0 Å². The fraction of sp³-hybridized carbons (Fsp3) is 0.100. The molecule has 0 aliphatic carbocycles. The van der Waals surface area contributed by atoms with Crippen LogP contribution >= 0.6 is 15.9 Å². The first-order valence-corrected chi connectivity index (χ1v) is 4.53. The van der Waals surface area contributed by atoms with Crippen LogP contribution in [0.4, 0.5) is 0 Å². The maximum Gasteiger partial charge on any atom is 0.159 e. The Labute approximate surface area is 80.2 Å². The molecule has 0 aliphatic heterocycles. The van der Waals surface area contributed by atoms with Crippen molar-refractivity contribution in [3.8, 4) is 0 Å². The summed E-state index contributed by atoms with van der Waals surface area (Å²) in [6.07, 6.45) is 1.92. The maximum atomic E-state index is 10.9. The van der Waals surface area contributed by atoms with E-state index in [4.69, 9.17) is 0 Å². The number of halogens is 1. The van der Waals surface area contributed by atoms with Gasteiger partial charge in [-0.05, 0) is 23.5 Å². The molecule has 1 aromatic carbocycles. The van der Waals surface area contributed by atoms with Gasteiger partial charge in [-0.1, -0.05) is 40.2 Å². The molecule has 0 unspecified atom stereocenters. The summed E-state index contributed by atoms with van der Waals surface area (Å²) < 4.78 is 0. The van der Waals surface area contributed by atoms with Gasteiger partial charge in [0.15, 0.2) is 5.78 Å². The number of Topliss-reactive ketones (excluding diaryl/α,β-unsaturated/α-hetero) is 1. The Morgan fingerprint density at radius 1 is 1.33 bits per heavy atom. The van der Waals surface area contributed by atoms with Crippen LogP contribution in [0.5, 0.6) is 0 Å². The Kier molecular flexibility index (Phi) is 3.23. The molecule has 1 aromatic rings. The van der Waals surface area contributed by atoms with E-state index in [0.717, 1.165) is 11.1 Å². The fourth-order valence-corrected chi connectivity index (χ4v) is 1.21. The second kappa shape index (κ2) is 4.21. The van der Waals surface area contributed by atoms with Gasteiger partial charge >= 0.3 is 0 Å². The minimum Gasteiger partial charge on any atom is -0.295 e. The number of hydrogen-bond acceptors (Lipinski definition) is 1. The number of rotatable bonds is 2. The zero-order chi connectivity index (χ0) is 8.97. The molecule has 0 radical (unpaired) electrons. The van der Waals surface area contributed by atoms with E-state index in [-0.39, 0.29) is 5.78 Å². The van der Waals surface area contributed by atoms with E-state index in [2.05, 4.69) is 15.9 Å². The molecule has 0 heterocycles. The highest BCUT2D eigenvalue weighted by molar-refractivity contribution is 9.11. The summed E-state index contributed by atoms with van der Waals surface area (Å²) in [6.45, 7) is 1.56. The van der Waals surface area contributed by atoms with Crippen LogP contribution in [0.2, 0.25) is 0 Å². The number of ketones is 1. The van der Waals surface area contributed by atoms with Crippen molar-refractivity contribution in [1.82, 2.24) is 0 Å². The monoisotopic (exact) mass is 224 g/mol. The van der Waals surface area contributed by atoms with Crippen molar-refractivity contribution in [2.75, 3.05) is 0 Å². The van der Waals surface area contributed by atoms with Crippen molar-refractivity contribution in [3.05, 3.63) is 40.4 Å². The Morgan fingerprint density at radius 2 is 1.92 bits per heavy atom. The average molecular weight is 225 g/mol. The SMILES string of the molecule is CC(=O)c1ccc(/C=C/Br)cc1. The molecular formula is C10H9BrO. The molecule has 2 heteroatoms. The summed E-state index contributed by atoms with van der Waals surface area (Å²) in [7, 11) is 0. The van der Waals surface area contributed by atoms with Crippen LogP contribution in [0.1, 0.15) is 22.8 Å². The Morgan fingerprint density at radius 3 is 2.33 bits per heavy atom. The van der Waals surface area contributed by atoms with E-state index in [1.807, 2.05) is 30.3 Å². The second-order valence-corrected chi connectivity index (χ2v) is 3.00. The fourth-order valence-electron chi connectivity index (χ4n) is 0.902. The number of benzene rings is 1. The lowest BCUT2D eigenvalue weighted by molar-refractivity contribution is 0.101. The van der Waals surface area contributed by atoms with E-state index in [9.17, 15) is 4.79 Å². The molecule has 0 saturated carbocycles. The predicted octanol–water partition coefficient (Wildman–Crippen LogP) is 3.25. The van der Waals surface area contributed by atoms with Gasteiger partial charge in [0, 0.05) is 5.56 Å². The largest absolute Gasteiger partial charge is 0.295 e. The molecule has 0 spiro atoms. The van der Waals surface area contributed by atoms with E-state index >= 15 is 0 Å². The van der Waals surface area contributed by atoms with Gasteiger partial charge in [-0.15, -0.1) is 0 Å². The minimum absolute atomic E-state index is 0.101. The van der Waals surface area contributed by atoms with Gasteiger partial charge in [0.1, 0.15) is 0 Å². The average Bonchev–Trinajstić information content (AvgIpc) is 2.06. The molecule has 1 nitrogen and oxygen atoms in total. The van der Waals surface area contributed by atoms with Crippen LogP contribution in [0.15, 0.2) is 29.3 Å². The Hall–Kier alpha value is -0.890. The number of hydrogen-bond donors (Lipinski definition) is 0. The first-order valence-electron chi connectivity index (χ1n) is 3.62. The summed E-state index contributed by atoms with van der Waals surface area (Å²) in [5.74, 6) is 0.101. The van der Waals surface area contributed by atoms with Crippen LogP contribution in [0.3, 0.4) is 0 Å². The molecular weight excluding hydrogens is 216 g/mol. The van der Waals surface area contributed by atoms with Crippen LogP contribution in [-0.2, 0) is 0 Å². The number of carbonyl (C=O) groups is 1. The smallest absolute Gasteiger partial charge is 0.159 e. The lowest BCUT2D eigenvalue weighted by Crippen LogP contribution is -1.90. The highest BCUT2D eigenvalue weighted by Gasteiger charge is 1.96. The van der Waals surface area contributed by atoms with Crippen LogP contribution < -0.4 is 0 Å². The van der Waals surface area contributed by atoms with Crippen molar-refractivity contribution in [1.29, 1.82) is 0 Å². The Bertz CT molecular complexity index is 298. The zero-order valence-corrected chi connectivity index (χ0v) is 8.34. The Balaban J connectivity index is 2.93. The molecule has 0 atom stereocenters. The van der Waals surface area contributed by atoms with Crippen LogP contribution in [0.25, 0.3) is 6.08 Å². The molecule has 12 heavy (non-hydrogen) atoms. The van der Waals surface area contributed by atoms with Crippen molar-refractivity contribution >= 4 is 27.8 Å². The molecule has 0 aliphatic rings.